The van der Waals surface area contributed by atoms with Gasteiger partial charge in [-0.15, -0.1) is 0 Å². The maximum absolute atomic E-state index is 12.4. The summed E-state index contributed by atoms with van der Waals surface area (Å²) in [7, 11) is -3.09. The number of ether oxygens (including phenoxy) is 2. The number of esters is 1. The number of rotatable bonds is 7. The van der Waals surface area contributed by atoms with E-state index in [1.54, 1.807) is 29.2 Å². The first-order valence-electron chi connectivity index (χ1n) is 8.39. The number of benzene rings is 1. The Bertz CT molecular complexity index is 792. The second kappa shape index (κ2) is 7.84. The molecule has 1 aliphatic heterocycles. The van der Waals surface area contributed by atoms with Gasteiger partial charge >= 0.3 is 5.97 Å². The lowest BCUT2D eigenvalue weighted by molar-refractivity contribution is -0.154. The first kappa shape index (κ1) is 19.0. The maximum Gasteiger partial charge on any atom is 0.344 e. The molecule has 7 nitrogen and oxygen atoms in total. The lowest BCUT2D eigenvalue weighted by Gasteiger charge is -2.28. The van der Waals surface area contributed by atoms with Crippen molar-refractivity contribution in [2.24, 2.45) is 0 Å². The van der Waals surface area contributed by atoms with Crippen molar-refractivity contribution in [1.29, 1.82) is 0 Å². The summed E-state index contributed by atoms with van der Waals surface area (Å²) in [6.45, 7) is -0.750. The molecule has 1 aliphatic carbocycles. The molecule has 142 valence electrons. The largest absolute Gasteiger partial charge is 0.482 e. The quantitative estimate of drug-likeness (QED) is 0.642. The van der Waals surface area contributed by atoms with Gasteiger partial charge in [-0.3, -0.25) is 4.79 Å². The molecule has 0 bridgehead atoms. The van der Waals surface area contributed by atoms with Crippen LogP contribution >= 0.6 is 11.6 Å². The molecule has 0 spiro atoms. The van der Waals surface area contributed by atoms with Crippen LogP contribution < -0.4 is 4.74 Å². The Labute approximate surface area is 157 Å². The van der Waals surface area contributed by atoms with Crippen molar-refractivity contribution < 1.29 is 27.5 Å². The number of amides is 1. The van der Waals surface area contributed by atoms with E-state index in [0.29, 0.717) is 17.2 Å². The van der Waals surface area contributed by atoms with Crippen LogP contribution in [0.1, 0.15) is 19.3 Å². The molecular formula is C17H20ClNO6S. The zero-order valence-electron chi connectivity index (χ0n) is 14.1. The molecule has 1 aromatic rings. The Morgan fingerprint density at radius 2 is 1.92 bits per heavy atom. The van der Waals surface area contributed by atoms with E-state index in [9.17, 15) is 18.0 Å². The normalized spacial score (nSPS) is 21.2. The van der Waals surface area contributed by atoms with Crippen LogP contribution in [0.25, 0.3) is 0 Å². The molecule has 0 N–H and O–H groups in total. The predicted molar refractivity (Wildman–Crippen MR) is 94.8 cm³/mol. The van der Waals surface area contributed by atoms with Gasteiger partial charge in [0.2, 0.25) is 0 Å². The Hall–Kier alpha value is -1.80. The van der Waals surface area contributed by atoms with Crippen LogP contribution in [0.5, 0.6) is 5.75 Å². The summed E-state index contributed by atoms with van der Waals surface area (Å²) >= 11 is 5.83. The second-order valence-corrected chi connectivity index (χ2v) is 9.16. The third-order valence-corrected chi connectivity index (χ3v) is 6.32. The summed E-state index contributed by atoms with van der Waals surface area (Å²) in [5, 5.41) is 0.484. The van der Waals surface area contributed by atoms with E-state index in [-0.39, 0.29) is 36.1 Å². The predicted octanol–water partition coefficient (Wildman–Crippen LogP) is 1.44. The van der Waals surface area contributed by atoms with Gasteiger partial charge in [-0.2, -0.15) is 0 Å². The molecule has 1 atom stereocenters. The van der Waals surface area contributed by atoms with Crippen LogP contribution in [0, 0.1) is 0 Å². The average Bonchev–Trinajstić information content (AvgIpc) is 3.34. The summed E-state index contributed by atoms with van der Waals surface area (Å²) in [4.78, 5) is 25.8. The molecule has 1 aromatic carbocycles. The zero-order chi connectivity index (χ0) is 18.7. The lowest BCUT2D eigenvalue weighted by atomic mass is 10.2. The highest BCUT2D eigenvalue weighted by Crippen LogP contribution is 2.32. The maximum atomic E-state index is 12.4. The second-order valence-electron chi connectivity index (χ2n) is 6.50. The highest BCUT2D eigenvalue weighted by Gasteiger charge is 2.42. The topological polar surface area (TPSA) is 90.0 Å². The summed E-state index contributed by atoms with van der Waals surface area (Å²) in [6, 6.07) is 6.33. The van der Waals surface area contributed by atoms with Gasteiger partial charge in [0.15, 0.2) is 23.1 Å². The first-order chi connectivity index (χ1) is 12.3. The molecule has 1 saturated carbocycles. The molecular weight excluding hydrogens is 382 g/mol. The van der Waals surface area contributed by atoms with Gasteiger partial charge in [0.25, 0.3) is 5.91 Å². The lowest BCUT2D eigenvalue weighted by Crippen LogP contribution is -2.45. The number of hydrogen-bond acceptors (Lipinski definition) is 6. The standard InChI is InChI=1S/C17H20ClNO6S/c18-12-2-1-3-15(8-12)24-10-17(21)25-9-16(20)19(13-4-5-13)14-6-7-26(22,23)11-14/h1-3,8,13-14H,4-7,9-11H2/t14-/m0/s1. The van der Waals surface area contributed by atoms with E-state index < -0.39 is 22.4 Å². The number of carbonyl (C=O) groups is 2. The van der Waals surface area contributed by atoms with E-state index in [2.05, 4.69) is 0 Å². The van der Waals surface area contributed by atoms with Gasteiger partial charge in [-0.1, -0.05) is 17.7 Å². The monoisotopic (exact) mass is 401 g/mol. The minimum atomic E-state index is -3.09. The Kier molecular flexibility index (Phi) is 5.72. The SMILES string of the molecule is O=C(COc1cccc(Cl)c1)OCC(=O)N(C1CC1)[C@H]1CCS(=O)(=O)C1. The van der Waals surface area contributed by atoms with Crippen molar-refractivity contribution in [2.75, 3.05) is 24.7 Å². The fourth-order valence-electron chi connectivity index (χ4n) is 3.01. The van der Waals surface area contributed by atoms with E-state index in [4.69, 9.17) is 21.1 Å². The summed E-state index contributed by atoms with van der Waals surface area (Å²) in [6.07, 6.45) is 2.15. The molecule has 1 amide bonds. The molecule has 26 heavy (non-hydrogen) atoms. The smallest absolute Gasteiger partial charge is 0.344 e. The first-order valence-corrected chi connectivity index (χ1v) is 10.6. The molecule has 0 aromatic heterocycles. The number of carbonyl (C=O) groups excluding carboxylic acids is 2. The van der Waals surface area contributed by atoms with E-state index in [0.717, 1.165) is 12.8 Å². The van der Waals surface area contributed by atoms with Crippen molar-refractivity contribution in [3.05, 3.63) is 29.3 Å². The van der Waals surface area contributed by atoms with Gasteiger partial charge in [0.1, 0.15) is 5.75 Å². The average molecular weight is 402 g/mol. The fourth-order valence-corrected chi connectivity index (χ4v) is 4.90. The summed E-state index contributed by atoms with van der Waals surface area (Å²) < 4.78 is 33.6. The van der Waals surface area contributed by atoms with Crippen LogP contribution in [0.3, 0.4) is 0 Å². The van der Waals surface area contributed by atoms with E-state index in [1.165, 1.54) is 0 Å². The van der Waals surface area contributed by atoms with Crippen LogP contribution in [0.15, 0.2) is 24.3 Å². The van der Waals surface area contributed by atoms with Crippen LogP contribution in [0.4, 0.5) is 0 Å². The Morgan fingerprint density at radius 1 is 1.15 bits per heavy atom. The number of halogens is 1. The van der Waals surface area contributed by atoms with Crippen LogP contribution in [-0.2, 0) is 24.2 Å². The van der Waals surface area contributed by atoms with Gasteiger partial charge in [-0.25, -0.2) is 13.2 Å². The van der Waals surface area contributed by atoms with Gasteiger partial charge in [-0.05, 0) is 37.5 Å². The minimum Gasteiger partial charge on any atom is -0.482 e. The van der Waals surface area contributed by atoms with Crippen LogP contribution in [0.2, 0.25) is 5.02 Å². The fraction of sp³-hybridized carbons (Fsp3) is 0.529. The third kappa shape index (κ3) is 5.11. The number of nitrogens with zero attached hydrogens (tertiary/aromatic N) is 1. The highest BCUT2D eigenvalue weighted by atomic mass is 35.5. The highest BCUT2D eigenvalue weighted by molar-refractivity contribution is 7.91. The molecule has 9 heteroatoms. The summed E-state index contributed by atoms with van der Waals surface area (Å²) in [5.74, 6) is -0.516. The Morgan fingerprint density at radius 3 is 2.54 bits per heavy atom. The third-order valence-electron chi connectivity index (χ3n) is 4.34. The zero-order valence-corrected chi connectivity index (χ0v) is 15.7. The van der Waals surface area contributed by atoms with Gasteiger partial charge in [0.05, 0.1) is 11.5 Å². The molecule has 1 saturated heterocycles. The van der Waals surface area contributed by atoms with Crippen molar-refractivity contribution in [1.82, 2.24) is 4.90 Å². The molecule has 1 heterocycles. The molecule has 3 rings (SSSR count). The van der Waals surface area contributed by atoms with Crippen LogP contribution in [-0.4, -0.2) is 62.0 Å². The van der Waals surface area contributed by atoms with Gasteiger partial charge < -0.3 is 14.4 Å². The molecule has 0 radical (unpaired) electrons. The Balaban J connectivity index is 1.48. The van der Waals surface area contributed by atoms with Gasteiger partial charge in [0, 0.05) is 17.1 Å². The number of hydrogen-bond donors (Lipinski definition) is 0. The van der Waals surface area contributed by atoms with Crippen molar-refractivity contribution in [2.45, 2.75) is 31.3 Å². The molecule has 2 fully saturated rings. The molecule has 0 unspecified atom stereocenters. The van der Waals surface area contributed by atoms with Crippen molar-refractivity contribution in [3.8, 4) is 5.75 Å². The minimum absolute atomic E-state index is 0.0128. The van der Waals surface area contributed by atoms with E-state index >= 15 is 0 Å². The number of sulfone groups is 1. The summed E-state index contributed by atoms with van der Waals surface area (Å²) in [5.41, 5.74) is 0. The van der Waals surface area contributed by atoms with Crippen molar-refractivity contribution in [3.63, 3.8) is 0 Å². The van der Waals surface area contributed by atoms with Crippen molar-refractivity contribution >= 4 is 33.3 Å². The molecule has 2 aliphatic rings. The van der Waals surface area contributed by atoms with E-state index in [1.807, 2.05) is 0 Å².